The van der Waals surface area contributed by atoms with Gasteiger partial charge < -0.3 is 15.6 Å². The van der Waals surface area contributed by atoms with Gasteiger partial charge in [-0.3, -0.25) is 0 Å². The van der Waals surface area contributed by atoms with Gasteiger partial charge in [-0.05, 0) is 24.0 Å². The Morgan fingerprint density at radius 3 is 2.44 bits per heavy atom. The summed E-state index contributed by atoms with van der Waals surface area (Å²) in [5.74, 6) is 0. The van der Waals surface area contributed by atoms with Crippen molar-refractivity contribution in [3.63, 3.8) is 0 Å². The van der Waals surface area contributed by atoms with Crippen LogP contribution in [0.5, 0.6) is 0 Å². The van der Waals surface area contributed by atoms with Crippen molar-refractivity contribution < 1.29 is 9.84 Å². The number of aliphatic hydroxyl groups excluding tert-OH is 1. The lowest BCUT2D eigenvalue weighted by Gasteiger charge is -2.14. The number of rotatable bonds is 5. The average molecular weight is 221 g/mol. The van der Waals surface area contributed by atoms with E-state index in [1.165, 1.54) is 5.56 Å². The van der Waals surface area contributed by atoms with Crippen LogP contribution in [0, 0.1) is 0 Å². The molecule has 0 heterocycles. The number of hydrogen-bond donors (Lipinski definition) is 2. The van der Waals surface area contributed by atoms with Gasteiger partial charge >= 0.3 is 0 Å². The van der Waals surface area contributed by atoms with Crippen LogP contribution >= 0.6 is 0 Å². The second-order valence-corrected chi connectivity index (χ2v) is 4.59. The molecule has 88 valence electrons. The molecule has 1 aromatic carbocycles. The maximum absolute atomic E-state index is 8.95. The predicted molar refractivity (Wildman–Crippen MR) is 63.1 cm³/mol. The van der Waals surface area contributed by atoms with Gasteiger partial charge in [0.1, 0.15) is 0 Å². The fourth-order valence-corrected chi connectivity index (χ4v) is 1.95. The van der Waals surface area contributed by atoms with Crippen molar-refractivity contribution in [1.29, 1.82) is 0 Å². The number of benzene rings is 1. The van der Waals surface area contributed by atoms with E-state index in [0.29, 0.717) is 0 Å². The van der Waals surface area contributed by atoms with Crippen molar-refractivity contribution in [3.05, 3.63) is 35.4 Å². The van der Waals surface area contributed by atoms with E-state index in [1.54, 1.807) is 7.11 Å². The van der Waals surface area contributed by atoms with Crippen LogP contribution < -0.4 is 5.73 Å². The minimum atomic E-state index is -0.272. The lowest BCUT2D eigenvalue weighted by atomic mass is 10.0. The van der Waals surface area contributed by atoms with Gasteiger partial charge in [0, 0.05) is 13.5 Å². The van der Waals surface area contributed by atoms with E-state index in [4.69, 9.17) is 15.6 Å². The van der Waals surface area contributed by atoms with Gasteiger partial charge in [0.2, 0.25) is 0 Å². The van der Waals surface area contributed by atoms with Crippen molar-refractivity contribution in [2.75, 3.05) is 13.7 Å². The molecular formula is C13H19NO2. The molecule has 0 radical (unpaired) electrons. The van der Waals surface area contributed by atoms with Crippen molar-refractivity contribution in [3.8, 4) is 0 Å². The first-order valence-electron chi connectivity index (χ1n) is 5.69. The lowest BCUT2D eigenvalue weighted by molar-refractivity contribution is 0.0807. The highest BCUT2D eigenvalue weighted by Gasteiger charge is 2.42. The molecule has 1 atom stereocenters. The van der Waals surface area contributed by atoms with Crippen molar-refractivity contribution in [1.82, 2.24) is 0 Å². The number of methoxy groups -OCH3 is 1. The molecule has 1 fully saturated rings. The summed E-state index contributed by atoms with van der Waals surface area (Å²) < 4.78 is 5.49. The van der Waals surface area contributed by atoms with E-state index < -0.39 is 0 Å². The number of nitrogens with two attached hydrogens (primary N) is 1. The topological polar surface area (TPSA) is 55.5 Å². The van der Waals surface area contributed by atoms with Crippen molar-refractivity contribution >= 4 is 0 Å². The Bertz CT molecular complexity index is 343. The van der Waals surface area contributed by atoms with E-state index in [1.807, 2.05) is 12.1 Å². The average Bonchev–Trinajstić information content (AvgIpc) is 3.09. The Morgan fingerprint density at radius 1 is 1.38 bits per heavy atom. The zero-order valence-electron chi connectivity index (χ0n) is 9.65. The lowest BCUT2D eigenvalue weighted by Crippen LogP contribution is -2.16. The summed E-state index contributed by atoms with van der Waals surface area (Å²) in [5, 5.41) is 8.95. The van der Waals surface area contributed by atoms with Gasteiger partial charge in [-0.25, -0.2) is 0 Å². The molecule has 3 nitrogen and oxygen atoms in total. The molecule has 2 rings (SSSR count). The highest BCUT2D eigenvalue weighted by molar-refractivity contribution is 5.27. The van der Waals surface area contributed by atoms with E-state index in [-0.39, 0.29) is 18.2 Å². The molecule has 0 bridgehead atoms. The summed E-state index contributed by atoms with van der Waals surface area (Å²) >= 11 is 0. The smallest absolute Gasteiger partial charge is 0.0721 e. The van der Waals surface area contributed by atoms with E-state index in [2.05, 4.69) is 12.1 Å². The van der Waals surface area contributed by atoms with Crippen LogP contribution in [-0.4, -0.2) is 24.4 Å². The van der Waals surface area contributed by atoms with Gasteiger partial charge in [0.05, 0.1) is 18.2 Å². The normalized spacial score (nSPS) is 19.4. The summed E-state index contributed by atoms with van der Waals surface area (Å²) in [6, 6.07) is 7.85. The molecule has 1 saturated carbocycles. The van der Waals surface area contributed by atoms with Crippen LogP contribution in [0.4, 0.5) is 0 Å². The zero-order valence-corrected chi connectivity index (χ0v) is 9.65. The SMILES string of the molecule is COC1(Cc2ccc(C(N)CO)cc2)CC1. The van der Waals surface area contributed by atoms with Gasteiger partial charge in [0.25, 0.3) is 0 Å². The summed E-state index contributed by atoms with van der Waals surface area (Å²) in [5.41, 5.74) is 8.08. The molecule has 1 unspecified atom stereocenters. The highest BCUT2D eigenvalue weighted by Crippen LogP contribution is 2.41. The maximum atomic E-state index is 8.95. The minimum absolute atomic E-state index is 0.0125. The quantitative estimate of drug-likeness (QED) is 0.790. The van der Waals surface area contributed by atoms with Gasteiger partial charge in [0.15, 0.2) is 0 Å². The Morgan fingerprint density at radius 2 is 2.00 bits per heavy atom. The largest absolute Gasteiger partial charge is 0.394 e. The summed E-state index contributed by atoms with van der Waals surface area (Å²) in [6.07, 6.45) is 3.28. The standard InChI is InChI=1S/C13H19NO2/c1-16-13(6-7-13)8-10-2-4-11(5-3-10)12(14)9-15/h2-5,12,15H,6-9,14H2,1H3. The number of aliphatic hydroxyl groups is 1. The van der Waals surface area contributed by atoms with Crippen LogP contribution in [0.15, 0.2) is 24.3 Å². The predicted octanol–water partition coefficient (Wildman–Crippen LogP) is 1.40. The van der Waals surface area contributed by atoms with E-state index in [9.17, 15) is 0 Å². The fraction of sp³-hybridized carbons (Fsp3) is 0.538. The minimum Gasteiger partial charge on any atom is -0.394 e. The Kier molecular flexibility index (Phi) is 3.28. The summed E-state index contributed by atoms with van der Waals surface area (Å²) in [7, 11) is 1.78. The van der Waals surface area contributed by atoms with Crippen molar-refractivity contribution in [2.45, 2.75) is 30.9 Å². The Balaban J connectivity index is 2.02. The number of ether oxygens (including phenoxy) is 1. The van der Waals surface area contributed by atoms with E-state index >= 15 is 0 Å². The van der Waals surface area contributed by atoms with Crippen LogP contribution in [0.2, 0.25) is 0 Å². The molecule has 0 aromatic heterocycles. The molecule has 1 aliphatic carbocycles. The van der Waals surface area contributed by atoms with Crippen LogP contribution in [0.3, 0.4) is 0 Å². The molecule has 0 saturated heterocycles. The van der Waals surface area contributed by atoms with E-state index in [0.717, 1.165) is 24.8 Å². The Labute approximate surface area is 96.2 Å². The second-order valence-electron chi connectivity index (χ2n) is 4.59. The van der Waals surface area contributed by atoms with Gasteiger partial charge in [-0.15, -0.1) is 0 Å². The van der Waals surface area contributed by atoms with Crippen LogP contribution in [-0.2, 0) is 11.2 Å². The highest BCUT2D eigenvalue weighted by atomic mass is 16.5. The van der Waals surface area contributed by atoms with Crippen molar-refractivity contribution in [2.24, 2.45) is 5.73 Å². The van der Waals surface area contributed by atoms with Gasteiger partial charge in [-0.1, -0.05) is 24.3 Å². The molecule has 1 aromatic rings. The second kappa shape index (κ2) is 4.53. The Hall–Kier alpha value is -0.900. The molecule has 3 N–H and O–H groups in total. The molecule has 0 aliphatic heterocycles. The molecule has 16 heavy (non-hydrogen) atoms. The third-order valence-corrected chi connectivity index (χ3v) is 3.37. The molecule has 0 spiro atoms. The molecular weight excluding hydrogens is 202 g/mol. The third-order valence-electron chi connectivity index (χ3n) is 3.37. The van der Waals surface area contributed by atoms with Crippen LogP contribution in [0.1, 0.15) is 30.0 Å². The summed E-state index contributed by atoms with van der Waals surface area (Å²) in [6.45, 7) is -0.0125. The maximum Gasteiger partial charge on any atom is 0.0721 e. The first kappa shape index (κ1) is 11.6. The monoisotopic (exact) mass is 221 g/mol. The number of hydrogen-bond acceptors (Lipinski definition) is 3. The van der Waals surface area contributed by atoms with Crippen LogP contribution in [0.25, 0.3) is 0 Å². The molecule has 0 amide bonds. The molecule has 1 aliphatic rings. The first-order chi connectivity index (χ1) is 7.69. The summed E-state index contributed by atoms with van der Waals surface area (Å²) in [4.78, 5) is 0. The molecule has 3 heteroatoms. The van der Waals surface area contributed by atoms with Gasteiger partial charge in [-0.2, -0.15) is 0 Å². The third kappa shape index (κ3) is 2.43. The zero-order chi connectivity index (χ0) is 11.6. The fourth-order valence-electron chi connectivity index (χ4n) is 1.95. The first-order valence-corrected chi connectivity index (χ1v) is 5.69.